The van der Waals surface area contributed by atoms with E-state index in [1.807, 2.05) is 0 Å². The Bertz CT molecular complexity index is 3440. The smallest absolute Gasteiger partial charge is 0.0726 e. The standard InChI is InChI=1S/C57H36N2/c1-3-15-37(16-4-1)39-29-32-42(33-30-39)58(43-34-31-38-17-7-8-18-40(38)35-43)52-36-53-56-54-46(52)23-13-26-49(54)57(47-24-11-9-21-44(47)45-22-10-12-25-48(45)57)50-27-14-28-51(55(50)56)59(53)41-19-5-2-6-20-41/h1-36H. The summed E-state index contributed by atoms with van der Waals surface area (Å²) in [4.78, 5) is 2.49. The van der Waals surface area contributed by atoms with Crippen LogP contribution in [-0.4, -0.2) is 4.57 Å². The molecule has 0 unspecified atom stereocenters. The number of hydrogen-bond donors (Lipinski definition) is 0. The number of nitrogens with zero attached hydrogens (tertiary/aromatic N) is 2. The molecule has 2 aliphatic carbocycles. The van der Waals surface area contributed by atoms with Crippen LogP contribution in [0.15, 0.2) is 218 Å². The third-order valence-corrected chi connectivity index (χ3v) is 13.1. The Morgan fingerprint density at radius 2 is 0.932 bits per heavy atom. The molecule has 1 spiro atoms. The SMILES string of the molecule is c1ccc(-c2ccc(N(c3ccc4ccccc4c3)c3cc4c5c6c(cccc36)C3(c6ccccc6-c6ccccc63)c3cccc(c35)n4-c3ccccc3)cc2)cc1. The lowest BCUT2D eigenvalue weighted by atomic mass is 9.63. The first-order chi connectivity index (χ1) is 29.3. The summed E-state index contributed by atoms with van der Waals surface area (Å²) in [7, 11) is 0. The van der Waals surface area contributed by atoms with E-state index in [1.54, 1.807) is 0 Å². The summed E-state index contributed by atoms with van der Waals surface area (Å²) in [5, 5.41) is 7.64. The number of rotatable bonds is 5. The Balaban J connectivity index is 1.20. The average molecular weight is 749 g/mol. The molecular formula is C57H36N2. The molecule has 0 N–H and O–H groups in total. The monoisotopic (exact) mass is 748 g/mol. The van der Waals surface area contributed by atoms with Gasteiger partial charge >= 0.3 is 0 Å². The van der Waals surface area contributed by atoms with Gasteiger partial charge in [-0.2, -0.15) is 0 Å². The van der Waals surface area contributed by atoms with E-state index in [0.717, 1.165) is 22.7 Å². The molecule has 0 saturated heterocycles. The van der Waals surface area contributed by atoms with Crippen LogP contribution in [-0.2, 0) is 5.41 Å². The molecule has 2 heteroatoms. The van der Waals surface area contributed by atoms with Gasteiger partial charge < -0.3 is 9.47 Å². The minimum absolute atomic E-state index is 0.501. The Hall–Kier alpha value is -7.68. The van der Waals surface area contributed by atoms with E-state index in [1.165, 1.54) is 87.9 Å². The molecule has 274 valence electrons. The molecule has 0 fully saturated rings. The van der Waals surface area contributed by atoms with Crippen molar-refractivity contribution in [1.29, 1.82) is 0 Å². The molecule has 59 heavy (non-hydrogen) atoms. The van der Waals surface area contributed by atoms with Crippen LogP contribution in [0.1, 0.15) is 22.3 Å². The molecule has 0 radical (unpaired) electrons. The number of aromatic nitrogens is 1. The van der Waals surface area contributed by atoms with Crippen molar-refractivity contribution in [2.24, 2.45) is 0 Å². The minimum atomic E-state index is -0.501. The zero-order valence-corrected chi connectivity index (χ0v) is 32.2. The summed E-state index contributed by atoms with van der Waals surface area (Å²) in [5.74, 6) is 0. The first-order valence-corrected chi connectivity index (χ1v) is 20.5. The first-order valence-electron chi connectivity index (χ1n) is 20.5. The maximum atomic E-state index is 2.51. The fourth-order valence-electron chi connectivity index (χ4n) is 10.8. The highest BCUT2D eigenvalue weighted by Gasteiger charge is 2.50. The van der Waals surface area contributed by atoms with Crippen LogP contribution in [0.3, 0.4) is 0 Å². The normalized spacial score (nSPS) is 13.2. The molecule has 2 nitrogen and oxygen atoms in total. The van der Waals surface area contributed by atoms with E-state index >= 15 is 0 Å². The highest BCUT2D eigenvalue weighted by Crippen LogP contribution is 2.63. The van der Waals surface area contributed by atoms with E-state index in [4.69, 9.17) is 0 Å². The van der Waals surface area contributed by atoms with Crippen molar-refractivity contribution in [3.8, 4) is 27.9 Å². The fourth-order valence-corrected chi connectivity index (χ4v) is 10.8. The van der Waals surface area contributed by atoms with Crippen molar-refractivity contribution in [3.05, 3.63) is 241 Å². The number of benzene rings is 10. The van der Waals surface area contributed by atoms with Crippen molar-refractivity contribution in [2.45, 2.75) is 5.41 Å². The Morgan fingerprint density at radius 1 is 0.356 bits per heavy atom. The largest absolute Gasteiger partial charge is 0.310 e. The van der Waals surface area contributed by atoms with Crippen molar-refractivity contribution in [2.75, 3.05) is 4.90 Å². The first kappa shape index (κ1) is 32.4. The molecule has 13 rings (SSSR count). The van der Waals surface area contributed by atoms with Gasteiger partial charge in [0.05, 0.1) is 22.1 Å². The lowest BCUT2D eigenvalue weighted by Crippen LogP contribution is -2.30. The number of hydrogen-bond acceptors (Lipinski definition) is 1. The summed E-state index contributed by atoms with van der Waals surface area (Å²) < 4.78 is 2.51. The lowest BCUT2D eigenvalue weighted by Gasteiger charge is -2.38. The van der Waals surface area contributed by atoms with E-state index in [2.05, 4.69) is 228 Å². The van der Waals surface area contributed by atoms with Crippen LogP contribution in [0.5, 0.6) is 0 Å². The quantitative estimate of drug-likeness (QED) is 0.170. The molecule has 1 aromatic heterocycles. The molecule has 0 saturated carbocycles. The highest BCUT2D eigenvalue weighted by atomic mass is 15.1. The van der Waals surface area contributed by atoms with Crippen molar-refractivity contribution in [3.63, 3.8) is 0 Å². The third kappa shape index (κ3) is 4.35. The molecule has 0 atom stereocenters. The molecule has 1 heterocycles. The molecule has 0 bridgehead atoms. The number of anilines is 3. The predicted molar refractivity (Wildman–Crippen MR) is 247 cm³/mol. The second kappa shape index (κ2) is 12.2. The van der Waals surface area contributed by atoms with Crippen molar-refractivity contribution >= 4 is 60.4 Å². The van der Waals surface area contributed by atoms with Gasteiger partial charge in [0.25, 0.3) is 0 Å². The third-order valence-electron chi connectivity index (χ3n) is 13.1. The zero-order valence-electron chi connectivity index (χ0n) is 32.2. The Labute approximate surface area is 342 Å². The Morgan fingerprint density at radius 3 is 1.68 bits per heavy atom. The van der Waals surface area contributed by atoms with E-state index in [-0.39, 0.29) is 0 Å². The van der Waals surface area contributed by atoms with Gasteiger partial charge in [0.1, 0.15) is 0 Å². The van der Waals surface area contributed by atoms with Crippen LogP contribution in [0.25, 0.3) is 71.3 Å². The van der Waals surface area contributed by atoms with E-state index < -0.39 is 5.41 Å². The van der Waals surface area contributed by atoms with Crippen LogP contribution >= 0.6 is 0 Å². The van der Waals surface area contributed by atoms with Crippen LogP contribution in [0.4, 0.5) is 17.1 Å². The second-order valence-electron chi connectivity index (χ2n) is 16.0. The maximum Gasteiger partial charge on any atom is 0.0726 e. The topological polar surface area (TPSA) is 8.17 Å². The van der Waals surface area contributed by atoms with Crippen molar-refractivity contribution < 1.29 is 0 Å². The highest BCUT2D eigenvalue weighted by molar-refractivity contribution is 6.29. The number of fused-ring (bicyclic) bond motifs is 8. The van der Waals surface area contributed by atoms with Gasteiger partial charge in [-0.25, -0.2) is 0 Å². The average Bonchev–Trinajstić information content (AvgIpc) is 3.80. The molecule has 0 amide bonds. The zero-order chi connectivity index (χ0) is 38.7. The molecular weight excluding hydrogens is 713 g/mol. The molecule has 2 aliphatic rings. The van der Waals surface area contributed by atoms with Crippen LogP contribution in [0, 0.1) is 0 Å². The van der Waals surface area contributed by atoms with Gasteiger partial charge in [-0.3, -0.25) is 0 Å². The minimum Gasteiger partial charge on any atom is -0.310 e. The number of para-hydroxylation sites is 1. The van der Waals surface area contributed by atoms with Gasteiger partial charge in [0, 0.05) is 33.2 Å². The lowest BCUT2D eigenvalue weighted by molar-refractivity contribution is 0.783. The van der Waals surface area contributed by atoms with Crippen LogP contribution < -0.4 is 4.90 Å². The molecule has 0 aliphatic heterocycles. The van der Waals surface area contributed by atoms with Crippen LogP contribution in [0.2, 0.25) is 0 Å². The van der Waals surface area contributed by atoms with Gasteiger partial charge in [-0.05, 0) is 109 Å². The summed E-state index contributed by atoms with van der Waals surface area (Å²) in [6.45, 7) is 0. The summed E-state index contributed by atoms with van der Waals surface area (Å²) >= 11 is 0. The predicted octanol–water partition coefficient (Wildman–Crippen LogP) is 14.9. The molecule has 10 aromatic carbocycles. The summed E-state index contributed by atoms with van der Waals surface area (Å²) in [5.41, 5.74) is 16.9. The Kier molecular flexibility index (Phi) is 6.68. The summed E-state index contributed by atoms with van der Waals surface area (Å²) in [6, 6.07) is 81.1. The van der Waals surface area contributed by atoms with Crippen molar-refractivity contribution in [1.82, 2.24) is 4.57 Å². The van der Waals surface area contributed by atoms with Gasteiger partial charge in [-0.1, -0.05) is 170 Å². The van der Waals surface area contributed by atoms with Gasteiger partial charge in [0.15, 0.2) is 0 Å². The van der Waals surface area contributed by atoms with Gasteiger partial charge in [-0.15, -0.1) is 0 Å². The maximum absolute atomic E-state index is 2.51. The molecule has 11 aromatic rings. The van der Waals surface area contributed by atoms with E-state index in [0.29, 0.717) is 0 Å². The van der Waals surface area contributed by atoms with E-state index in [9.17, 15) is 0 Å². The van der Waals surface area contributed by atoms with Gasteiger partial charge in [0.2, 0.25) is 0 Å². The fraction of sp³-hybridized carbons (Fsp3) is 0.0175. The second-order valence-corrected chi connectivity index (χ2v) is 16.0. The summed E-state index contributed by atoms with van der Waals surface area (Å²) in [6.07, 6.45) is 0.